The van der Waals surface area contributed by atoms with Gasteiger partial charge in [0.15, 0.2) is 0 Å². The van der Waals surface area contributed by atoms with Crippen molar-refractivity contribution in [2.24, 2.45) is 5.14 Å². The lowest BCUT2D eigenvalue weighted by atomic mass is 9.97. The summed E-state index contributed by atoms with van der Waals surface area (Å²) in [5.74, 6) is 0.699. The van der Waals surface area contributed by atoms with E-state index in [1.165, 1.54) is 12.3 Å². The van der Waals surface area contributed by atoms with E-state index in [4.69, 9.17) is 10.1 Å². The second-order valence-electron chi connectivity index (χ2n) is 8.99. The van der Waals surface area contributed by atoms with E-state index in [9.17, 15) is 8.42 Å². The SMILES string of the molecule is CN(C)c1ccc(CNc2nc(-c3cncc(S(N)(=O)=O)c3)cc3cccc(-c4ccccc4)c23)cc1. The van der Waals surface area contributed by atoms with Gasteiger partial charge in [0.2, 0.25) is 10.0 Å². The summed E-state index contributed by atoms with van der Waals surface area (Å²) in [4.78, 5) is 11.0. The van der Waals surface area contributed by atoms with Crippen molar-refractivity contribution < 1.29 is 8.42 Å². The molecule has 0 saturated heterocycles. The van der Waals surface area contributed by atoms with Gasteiger partial charge in [0.1, 0.15) is 10.7 Å². The maximum absolute atomic E-state index is 11.9. The molecule has 0 fully saturated rings. The third-order valence-corrected chi connectivity index (χ3v) is 7.07. The van der Waals surface area contributed by atoms with Crippen molar-refractivity contribution in [3.05, 3.63) is 103 Å². The molecule has 0 spiro atoms. The smallest absolute Gasteiger partial charge is 0.239 e. The Labute approximate surface area is 216 Å². The predicted molar refractivity (Wildman–Crippen MR) is 150 cm³/mol. The fraction of sp³-hybridized carbons (Fsp3) is 0.103. The first-order valence-electron chi connectivity index (χ1n) is 11.8. The number of anilines is 2. The lowest BCUT2D eigenvalue weighted by molar-refractivity contribution is 0.597. The zero-order valence-corrected chi connectivity index (χ0v) is 21.4. The molecule has 8 heteroatoms. The van der Waals surface area contributed by atoms with Gasteiger partial charge in [-0.1, -0.05) is 60.7 Å². The Balaban J connectivity index is 1.63. The third kappa shape index (κ3) is 5.30. The van der Waals surface area contributed by atoms with Gasteiger partial charge in [0.05, 0.1) is 5.69 Å². The molecule has 7 nitrogen and oxygen atoms in total. The zero-order chi connectivity index (χ0) is 26.0. The van der Waals surface area contributed by atoms with Crippen LogP contribution in [0.2, 0.25) is 0 Å². The Bertz CT molecular complexity index is 1670. The molecule has 0 amide bonds. The van der Waals surface area contributed by atoms with Crippen LogP contribution in [-0.4, -0.2) is 32.5 Å². The largest absolute Gasteiger partial charge is 0.378 e. The first-order valence-corrected chi connectivity index (χ1v) is 13.3. The minimum absolute atomic E-state index is 0.0552. The van der Waals surface area contributed by atoms with Gasteiger partial charge >= 0.3 is 0 Å². The summed E-state index contributed by atoms with van der Waals surface area (Å²) >= 11 is 0. The van der Waals surface area contributed by atoms with Gasteiger partial charge < -0.3 is 10.2 Å². The number of rotatable bonds is 7. The monoisotopic (exact) mass is 509 g/mol. The van der Waals surface area contributed by atoms with Crippen LogP contribution in [0, 0.1) is 0 Å². The van der Waals surface area contributed by atoms with Crippen LogP contribution in [0.4, 0.5) is 11.5 Å². The molecule has 0 unspecified atom stereocenters. The van der Waals surface area contributed by atoms with Crippen molar-refractivity contribution in [2.75, 3.05) is 24.3 Å². The fourth-order valence-electron chi connectivity index (χ4n) is 4.26. The van der Waals surface area contributed by atoms with Crippen LogP contribution in [0.5, 0.6) is 0 Å². The molecule has 0 bridgehead atoms. The topological polar surface area (TPSA) is 101 Å². The van der Waals surface area contributed by atoms with Crippen molar-refractivity contribution in [1.29, 1.82) is 0 Å². The number of aromatic nitrogens is 2. The highest BCUT2D eigenvalue weighted by atomic mass is 32.2. The number of benzene rings is 3. The highest BCUT2D eigenvalue weighted by Gasteiger charge is 2.15. The average Bonchev–Trinajstić information content (AvgIpc) is 2.91. The number of nitrogens with one attached hydrogen (secondary N) is 1. The Morgan fingerprint density at radius 2 is 1.62 bits per heavy atom. The minimum atomic E-state index is -3.89. The first kappa shape index (κ1) is 24.4. The molecule has 0 radical (unpaired) electrons. The summed E-state index contributed by atoms with van der Waals surface area (Å²) in [6.45, 7) is 0.567. The molecule has 0 aliphatic heterocycles. The number of nitrogens with zero attached hydrogens (tertiary/aromatic N) is 3. The molecule has 2 aromatic heterocycles. The normalized spacial score (nSPS) is 11.4. The highest BCUT2D eigenvalue weighted by Crippen LogP contribution is 2.36. The van der Waals surface area contributed by atoms with Crippen molar-refractivity contribution in [3.63, 3.8) is 0 Å². The first-order chi connectivity index (χ1) is 17.8. The van der Waals surface area contributed by atoms with E-state index >= 15 is 0 Å². The molecule has 3 N–H and O–H groups in total. The van der Waals surface area contributed by atoms with Gasteiger partial charge in [-0.25, -0.2) is 18.5 Å². The van der Waals surface area contributed by atoms with E-state index in [1.807, 2.05) is 50.5 Å². The van der Waals surface area contributed by atoms with Gasteiger partial charge in [0, 0.05) is 49.7 Å². The van der Waals surface area contributed by atoms with Crippen molar-refractivity contribution in [3.8, 4) is 22.4 Å². The molecule has 37 heavy (non-hydrogen) atoms. The molecule has 2 heterocycles. The van der Waals surface area contributed by atoms with Crippen LogP contribution >= 0.6 is 0 Å². The molecule has 0 saturated carbocycles. The number of primary sulfonamides is 1. The summed E-state index contributed by atoms with van der Waals surface area (Å²) in [5, 5.41) is 10.8. The summed E-state index contributed by atoms with van der Waals surface area (Å²) in [6.07, 6.45) is 2.83. The minimum Gasteiger partial charge on any atom is -0.378 e. The Morgan fingerprint density at radius 1 is 0.865 bits per heavy atom. The van der Waals surface area contributed by atoms with Gasteiger partial charge in [-0.2, -0.15) is 0 Å². The zero-order valence-electron chi connectivity index (χ0n) is 20.6. The maximum atomic E-state index is 11.9. The van der Waals surface area contributed by atoms with Gasteiger partial charge in [0.25, 0.3) is 0 Å². The summed E-state index contributed by atoms with van der Waals surface area (Å²) in [6, 6.07) is 28.1. The van der Waals surface area contributed by atoms with E-state index in [0.717, 1.165) is 33.2 Å². The number of fused-ring (bicyclic) bond motifs is 1. The van der Waals surface area contributed by atoms with Crippen LogP contribution < -0.4 is 15.4 Å². The van der Waals surface area contributed by atoms with Crippen molar-refractivity contribution >= 4 is 32.3 Å². The number of hydrogen-bond donors (Lipinski definition) is 2. The van der Waals surface area contributed by atoms with Gasteiger partial charge in [-0.05, 0) is 46.3 Å². The lowest BCUT2D eigenvalue weighted by Crippen LogP contribution is -2.12. The Hall–Kier alpha value is -4.27. The lowest BCUT2D eigenvalue weighted by Gasteiger charge is -2.16. The molecule has 0 aliphatic rings. The van der Waals surface area contributed by atoms with E-state index in [1.54, 1.807) is 6.20 Å². The standard InChI is InChI=1S/C29H27N5O2S/c1-34(2)24-13-11-20(12-14-24)17-32-29-28-22(9-6-10-26(28)21-7-4-3-5-8-21)16-27(33-29)23-15-25(19-31-18-23)37(30,35)36/h3-16,18-19H,17H2,1-2H3,(H,32,33)(H2,30,35,36). The van der Waals surface area contributed by atoms with Crippen LogP contribution in [0.25, 0.3) is 33.2 Å². The van der Waals surface area contributed by atoms with Gasteiger partial charge in [-0.3, -0.25) is 4.98 Å². The molecule has 5 rings (SSSR count). The number of pyridine rings is 2. The predicted octanol–water partition coefficient (Wildman–Crippen LogP) is 5.29. The van der Waals surface area contributed by atoms with Crippen molar-refractivity contribution in [1.82, 2.24) is 9.97 Å². The van der Waals surface area contributed by atoms with E-state index in [-0.39, 0.29) is 4.90 Å². The number of hydrogen-bond acceptors (Lipinski definition) is 6. The molecule has 0 atom stereocenters. The molecular weight excluding hydrogens is 482 g/mol. The van der Waals surface area contributed by atoms with Crippen molar-refractivity contribution in [2.45, 2.75) is 11.4 Å². The summed E-state index contributed by atoms with van der Waals surface area (Å²) in [7, 11) is 0.133. The maximum Gasteiger partial charge on any atom is 0.239 e. The second-order valence-corrected chi connectivity index (χ2v) is 10.6. The average molecular weight is 510 g/mol. The molecule has 5 aromatic rings. The number of sulfonamides is 1. The molecule has 0 aliphatic carbocycles. The fourth-order valence-corrected chi connectivity index (χ4v) is 4.76. The molecule has 3 aromatic carbocycles. The molecular formula is C29H27N5O2S. The van der Waals surface area contributed by atoms with Crippen LogP contribution in [0.15, 0.2) is 102 Å². The molecule has 186 valence electrons. The van der Waals surface area contributed by atoms with E-state index in [2.05, 4.69) is 57.7 Å². The highest BCUT2D eigenvalue weighted by molar-refractivity contribution is 7.89. The summed E-state index contributed by atoms with van der Waals surface area (Å²) in [5.41, 5.74) is 5.54. The van der Waals surface area contributed by atoms with E-state index < -0.39 is 10.0 Å². The van der Waals surface area contributed by atoms with E-state index in [0.29, 0.717) is 23.6 Å². The van der Waals surface area contributed by atoms with Crippen LogP contribution in [0.3, 0.4) is 0 Å². The Kier molecular flexibility index (Phi) is 6.60. The second kappa shape index (κ2) is 10.0. The van der Waals surface area contributed by atoms with Crippen LogP contribution in [-0.2, 0) is 16.6 Å². The Morgan fingerprint density at radius 3 is 2.32 bits per heavy atom. The van der Waals surface area contributed by atoms with Crippen LogP contribution in [0.1, 0.15) is 5.56 Å². The quantitative estimate of drug-likeness (QED) is 0.309. The van der Waals surface area contributed by atoms with Gasteiger partial charge in [-0.15, -0.1) is 0 Å². The number of nitrogens with two attached hydrogens (primary N) is 1. The summed E-state index contributed by atoms with van der Waals surface area (Å²) < 4.78 is 23.8. The third-order valence-electron chi connectivity index (χ3n) is 6.19.